The Kier molecular flexibility index (Phi) is 8.29. The van der Waals surface area contributed by atoms with E-state index in [9.17, 15) is 18.0 Å². The first-order valence-electron chi connectivity index (χ1n) is 10.6. The molecule has 10 heteroatoms. The van der Waals surface area contributed by atoms with Gasteiger partial charge in [0.2, 0.25) is 10.0 Å². The molecule has 2 aromatic rings. The molecule has 0 spiro atoms. The predicted octanol–water partition coefficient (Wildman–Crippen LogP) is 3.06. The topological polar surface area (TPSA) is 111 Å². The zero-order chi connectivity index (χ0) is 23.8. The number of amides is 1. The van der Waals surface area contributed by atoms with Gasteiger partial charge < -0.3 is 19.5 Å². The molecule has 1 aliphatic rings. The summed E-state index contributed by atoms with van der Waals surface area (Å²) in [6.45, 7) is 0.478. The molecule has 0 aromatic heterocycles. The number of nitrogens with zero attached hydrogens (tertiary/aromatic N) is 1. The van der Waals surface area contributed by atoms with Gasteiger partial charge in [0.15, 0.2) is 6.61 Å². The van der Waals surface area contributed by atoms with Crippen LogP contribution in [0.15, 0.2) is 47.4 Å². The molecule has 2 aromatic carbocycles. The Balaban J connectivity index is 1.59. The molecule has 1 saturated heterocycles. The molecule has 1 amide bonds. The summed E-state index contributed by atoms with van der Waals surface area (Å²) < 4.78 is 42.6. The number of hydrogen-bond donors (Lipinski definition) is 1. The molecular formula is C23H28N2O7S. The van der Waals surface area contributed by atoms with Gasteiger partial charge in [0.1, 0.15) is 11.5 Å². The molecule has 0 unspecified atom stereocenters. The van der Waals surface area contributed by atoms with E-state index < -0.39 is 28.5 Å². The van der Waals surface area contributed by atoms with E-state index in [1.807, 2.05) is 0 Å². The maximum Gasteiger partial charge on any atom is 0.338 e. The molecule has 9 nitrogen and oxygen atoms in total. The van der Waals surface area contributed by atoms with E-state index in [-0.39, 0.29) is 10.5 Å². The lowest BCUT2D eigenvalue weighted by molar-refractivity contribution is -0.119. The first-order chi connectivity index (χ1) is 15.8. The first-order valence-corrected chi connectivity index (χ1v) is 12.1. The minimum Gasteiger partial charge on any atom is -0.497 e. The molecule has 0 radical (unpaired) electrons. The van der Waals surface area contributed by atoms with Crippen molar-refractivity contribution in [1.82, 2.24) is 4.31 Å². The van der Waals surface area contributed by atoms with Gasteiger partial charge in [0.25, 0.3) is 5.91 Å². The summed E-state index contributed by atoms with van der Waals surface area (Å²) in [5, 5.41) is 2.61. The standard InChI is InChI=1S/C23H28N2O7S/c1-30-18-9-12-21(31-2)20(15-18)24-22(26)16-32-23(27)17-7-10-19(11-8-17)33(28,29)25-13-5-3-4-6-14-25/h7-12,15H,3-6,13-14,16H2,1-2H3,(H,24,26). The van der Waals surface area contributed by atoms with Gasteiger partial charge in [0.05, 0.1) is 30.4 Å². The Morgan fingerprint density at radius 1 is 0.939 bits per heavy atom. The minimum absolute atomic E-state index is 0.129. The van der Waals surface area contributed by atoms with Crippen LogP contribution in [0.5, 0.6) is 11.5 Å². The zero-order valence-electron chi connectivity index (χ0n) is 18.7. The predicted molar refractivity (Wildman–Crippen MR) is 122 cm³/mol. The van der Waals surface area contributed by atoms with Gasteiger partial charge in [-0.05, 0) is 49.2 Å². The van der Waals surface area contributed by atoms with Crippen LogP contribution < -0.4 is 14.8 Å². The van der Waals surface area contributed by atoms with Gasteiger partial charge in [-0.15, -0.1) is 0 Å². The molecule has 178 valence electrons. The lowest BCUT2D eigenvalue weighted by Gasteiger charge is -2.20. The fraction of sp³-hybridized carbons (Fsp3) is 0.391. The summed E-state index contributed by atoms with van der Waals surface area (Å²) in [4.78, 5) is 24.7. The van der Waals surface area contributed by atoms with Gasteiger partial charge in [-0.25, -0.2) is 13.2 Å². The summed E-state index contributed by atoms with van der Waals surface area (Å²) in [7, 11) is -0.639. The maximum absolute atomic E-state index is 12.8. The van der Waals surface area contributed by atoms with Gasteiger partial charge in [-0.3, -0.25) is 4.79 Å². The highest BCUT2D eigenvalue weighted by Crippen LogP contribution is 2.28. The van der Waals surface area contributed by atoms with Crippen LogP contribution in [0.3, 0.4) is 0 Å². The van der Waals surface area contributed by atoms with E-state index in [4.69, 9.17) is 14.2 Å². The van der Waals surface area contributed by atoms with Crippen LogP contribution in [-0.2, 0) is 19.6 Å². The third-order valence-corrected chi connectivity index (χ3v) is 7.22. The second kappa shape index (κ2) is 11.2. The maximum atomic E-state index is 12.8. The molecular weight excluding hydrogens is 448 g/mol. The van der Waals surface area contributed by atoms with E-state index >= 15 is 0 Å². The molecule has 0 aliphatic carbocycles. The van der Waals surface area contributed by atoms with Crippen molar-refractivity contribution < 1.29 is 32.2 Å². The van der Waals surface area contributed by atoms with Crippen LogP contribution in [0, 0.1) is 0 Å². The molecule has 0 saturated carbocycles. The number of methoxy groups -OCH3 is 2. The fourth-order valence-corrected chi connectivity index (χ4v) is 5.02. The third kappa shape index (κ3) is 6.23. The smallest absolute Gasteiger partial charge is 0.338 e. The van der Waals surface area contributed by atoms with Crippen LogP contribution in [0.1, 0.15) is 36.0 Å². The summed E-state index contributed by atoms with van der Waals surface area (Å²) in [6.07, 6.45) is 3.73. The van der Waals surface area contributed by atoms with Crippen LogP contribution in [0.25, 0.3) is 0 Å². The number of anilines is 1. The second-order valence-corrected chi connectivity index (χ2v) is 9.47. The van der Waals surface area contributed by atoms with Crippen LogP contribution in [0.4, 0.5) is 5.69 Å². The van der Waals surface area contributed by atoms with E-state index in [1.165, 1.54) is 42.8 Å². The number of carbonyl (C=O) groups is 2. The van der Waals surface area contributed by atoms with Crippen LogP contribution >= 0.6 is 0 Å². The van der Waals surface area contributed by atoms with Crippen molar-refractivity contribution in [3.05, 3.63) is 48.0 Å². The average molecular weight is 477 g/mol. The number of carbonyl (C=O) groups excluding carboxylic acids is 2. The lowest BCUT2D eigenvalue weighted by Crippen LogP contribution is -2.31. The van der Waals surface area contributed by atoms with Crippen LogP contribution in [-0.4, -0.2) is 58.5 Å². The van der Waals surface area contributed by atoms with E-state index in [1.54, 1.807) is 18.2 Å². The Bertz CT molecular complexity index is 1080. The fourth-order valence-electron chi connectivity index (χ4n) is 3.51. The summed E-state index contributed by atoms with van der Waals surface area (Å²) in [6, 6.07) is 10.5. The van der Waals surface area contributed by atoms with Crippen molar-refractivity contribution in [2.24, 2.45) is 0 Å². The summed E-state index contributed by atoms with van der Waals surface area (Å²) in [5.41, 5.74) is 0.526. The molecule has 1 aliphatic heterocycles. The number of rotatable bonds is 8. The molecule has 3 rings (SSSR count). The second-order valence-electron chi connectivity index (χ2n) is 7.53. The van der Waals surface area contributed by atoms with Gasteiger partial charge >= 0.3 is 5.97 Å². The molecule has 0 bridgehead atoms. The number of benzene rings is 2. The molecule has 1 heterocycles. The Hall–Kier alpha value is -3.11. The number of hydrogen-bond acceptors (Lipinski definition) is 7. The minimum atomic E-state index is -3.61. The van der Waals surface area contributed by atoms with E-state index in [0.717, 1.165) is 25.7 Å². The Morgan fingerprint density at radius 3 is 2.21 bits per heavy atom. The highest BCUT2D eigenvalue weighted by molar-refractivity contribution is 7.89. The third-order valence-electron chi connectivity index (χ3n) is 5.31. The first kappa shape index (κ1) is 24.5. The summed E-state index contributed by atoms with van der Waals surface area (Å²) in [5.74, 6) is -0.341. The van der Waals surface area contributed by atoms with Crippen molar-refractivity contribution in [3.8, 4) is 11.5 Å². The number of esters is 1. The molecule has 1 N–H and O–H groups in total. The van der Waals surface area contributed by atoms with Gasteiger partial charge in [0, 0.05) is 19.2 Å². The monoisotopic (exact) mass is 476 g/mol. The number of ether oxygens (including phenoxy) is 3. The lowest BCUT2D eigenvalue weighted by atomic mass is 10.2. The Morgan fingerprint density at radius 2 is 1.61 bits per heavy atom. The van der Waals surface area contributed by atoms with Crippen LogP contribution in [0.2, 0.25) is 0 Å². The van der Waals surface area contributed by atoms with E-state index in [2.05, 4.69) is 5.32 Å². The van der Waals surface area contributed by atoms with Crippen molar-refractivity contribution >= 4 is 27.6 Å². The highest BCUT2D eigenvalue weighted by Gasteiger charge is 2.25. The van der Waals surface area contributed by atoms with Gasteiger partial charge in [-0.2, -0.15) is 4.31 Å². The molecule has 0 atom stereocenters. The largest absolute Gasteiger partial charge is 0.497 e. The zero-order valence-corrected chi connectivity index (χ0v) is 19.5. The van der Waals surface area contributed by atoms with Crippen molar-refractivity contribution in [2.75, 3.05) is 39.2 Å². The molecule has 1 fully saturated rings. The van der Waals surface area contributed by atoms with E-state index in [0.29, 0.717) is 30.3 Å². The molecule has 33 heavy (non-hydrogen) atoms. The van der Waals surface area contributed by atoms with Gasteiger partial charge in [-0.1, -0.05) is 12.8 Å². The SMILES string of the molecule is COc1ccc(OC)c(NC(=O)COC(=O)c2ccc(S(=O)(=O)N3CCCCCC3)cc2)c1. The van der Waals surface area contributed by atoms with Crippen molar-refractivity contribution in [2.45, 2.75) is 30.6 Å². The average Bonchev–Trinajstić information content (AvgIpc) is 3.13. The number of nitrogens with one attached hydrogen (secondary N) is 1. The Labute approximate surface area is 193 Å². The van der Waals surface area contributed by atoms with Crippen molar-refractivity contribution in [3.63, 3.8) is 0 Å². The normalized spacial score (nSPS) is 14.7. The quantitative estimate of drug-likeness (QED) is 0.583. The number of sulfonamides is 1. The van der Waals surface area contributed by atoms with Crippen molar-refractivity contribution in [1.29, 1.82) is 0 Å². The highest BCUT2D eigenvalue weighted by atomic mass is 32.2. The summed E-state index contributed by atoms with van der Waals surface area (Å²) >= 11 is 0.